The largest absolute Gasteiger partial charge is 0.489 e. The summed E-state index contributed by atoms with van der Waals surface area (Å²) in [5.74, 6) is 0.291. The van der Waals surface area contributed by atoms with Gasteiger partial charge < -0.3 is 29.9 Å². The van der Waals surface area contributed by atoms with E-state index in [2.05, 4.69) is 43.7 Å². The lowest BCUT2D eigenvalue weighted by molar-refractivity contribution is 0.0904. The van der Waals surface area contributed by atoms with Crippen LogP contribution in [0.4, 0.5) is 21.6 Å². The number of nitrogens with one attached hydrogen (secondary N) is 3. The molecule has 0 aliphatic carbocycles. The summed E-state index contributed by atoms with van der Waals surface area (Å²) < 4.78 is 25.1. The smallest absolute Gasteiger partial charge is 0.258 e. The molecule has 2 aliphatic rings. The predicted octanol–water partition coefficient (Wildman–Crippen LogP) is 5.53. The molecule has 0 unspecified atom stereocenters. The van der Waals surface area contributed by atoms with Crippen LogP contribution < -0.4 is 20.3 Å². The minimum absolute atomic E-state index is 0.0997. The van der Waals surface area contributed by atoms with Crippen LogP contribution in [0.1, 0.15) is 28.8 Å². The summed E-state index contributed by atoms with van der Waals surface area (Å²) in [5.41, 5.74) is 3.73. The van der Waals surface area contributed by atoms with Crippen molar-refractivity contribution in [3.05, 3.63) is 76.6 Å². The number of piperazine rings is 1. The van der Waals surface area contributed by atoms with Gasteiger partial charge in [-0.15, -0.1) is 0 Å². The summed E-state index contributed by atoms with van der Waals surface area (Å²) in [6, 6.07) is 15.8. The topological polar surface area (TPSA) is 94.8 Å². The maximum Gasteiger partial charge on any atom is 0.258 e. The molecule has 1 aromatic heterocycles. The number of rotatable bonds is 8. The van der Waals surface area contributed by atoms with Gasteiger partial charge in [-0.25, -0.2) is 4.39 Å². The number of nitrogens with zero attached hydrogens (tertiary/aromatic N) is 3. The Hall–Kier alpha value is -3.86. The van der Waals surface area contributed by atoms with E-state index in [1.165, 1.54) is 18.2 Å². The SMILES string of the molecule is CN1CCN(c2ccc(C(=O)Nc3n[nH]c4ccc(OCc5cc(F)ccc5Cl)cc34)c(NC3CCOCC3)c2)CC1. The molecule has 9 nitrogen and oxygen atoms in total. The van der Waals surface area contributed by atoms with Crippen molar-refractivity contribution in [3.8, 4) is 5.75 Å². The monoisotopic (exact) mass is 592 g/mol. The Labute approximate surface area is 248 Å². The number of benzene rings is 3. The Kier molecular flexibility index (Phi) is 8.46. The van der Waals surface area contributed by atoms with Gasteiger partial charge in [0.05, 0.1) is 11.1 Å². The maximum absolute atomic E-state index is 13.7. The molecule has 0 bridgehead atoms. The first-order valence-corrected chi connectivity index (χ1v) is 14.6. The van der Waals surface area contributed by atoms with Crippen LogP contribution in [0.3, 0.4) is 0 Å². The Balaban J connectivity index is 1.22. The van der Waals surface area contributed by atoms with E-state index in [1.807, 2.05) is 18.2 Å². The molecule has 0 atom stereocenters. The number of hydrogen-bond donors (Lipinski definition) is 3. The van der Waals surface area contributed by atoms with E-state index in [-0.39, 0.29) is 24.4 Å². The van der Waals surface area contributed by atoms with Gasteiger partial charge in [-0.05, 0) is 74.5 Å². The number of aromatic nitrogens is 2. The highest BCUT2D eigenvalue weighted by atomic mass is 35.5. The van der Waals surface area contributed by atoms with Crippen LogP contribution >= 0.6 is 11.6 Å². The van der Waals surface area contributed by atoms with Gasteiger partial charge in [-0.1, -0.05) is 11.6 Å². The van der Waals surface area contributed by atoms with E-state index in [0.717, 1.165) is 55.9 Å². The first-order valence-electron chi connectivity index (χ1n) is 14.2. The Morgan fingerprint density at radius 3 is 2.71 bits per heavy atom. The van der Waals surface area contributed by atoms with E-state index in [0.29, 0.717) is 46.3 Å². The van der Waals surface area contributed by atoms with E-state index in [9.17, 15) is 9.18 Å². The fraction of sp³-hybridized carbons (Fsp3) is 0.355. The number of H-pyrrole nitrogens is 1. The number of hydrogen-bond acceptors (Lipinski definition) is 7. The Morgan fingerprint density at radius 1 is 1.10 bits per heavy atom. The standard InChI is InChI=1S/C31H34ClFN6O3/c1-38-10-12-39(13-11-38)23-3-5-25(29(17-23)34-22-8-14-41-15-9-22)31(40)35-30-26-18-24(4-7-28(26)36-37-30)42-19-20-16-21(33)2-6-27(20)32/h2-7,16-18,22,34H,8-15,19H2,1H3,(H2,35,36,37,40). The van der Waals surface area contributed by atoms with Crippen molar-refractivity contribution in [2.24, 2.45) is 0 Å². The molecule has 0 radical (unpaired) electrons. The van der Waals surface area contributed by atoms with Gasteiger partial charge in [0.25, 0.3) is 5.91 Å². The molecule has 220 valence electrons. The predicted molar refractivity (Wildman–Crippen MR) is 163 cm³/mol. The summed E-state index contributed by atoms with van der Waals surface area (Å²) in [6.45, 7) is 5.37. The summed E-state index contributed by atoms with van der Waals surface area (Å²) in [4.78, 5) is 18.4. The minimum atomic E-state index is -0.379. The van der Waals surface area contributed by atoms with Gasteiger partial charge >= 0.3 is 0 Å². The number of carbonyl (C=O) groups excluding carboxylic acids is 1. The fourth-order valence-corrected chi connectivity index (χ4v) is 5.51. The van der Waals surface area contributed by atoms with Crippen LogP contribution in [0.25, 0.3) is 10.9 Å². The van der Waals surface area contributed by atoms with Crippen molar-refractivity contribution >= 4 is 45.6 Å². The van der Waals surface area contributed by atoms with Crippen molar-refractivity contribution in [2.45, 2.75) is 25.5 Å². The number of ether oxygens (including phenoxy) is 2. The quantitative estimate of drug-likeness (QED) is 0.248. The third-order valence-corrected chi connectivity index (χ3v) is 8.23. The van der Waals surface area contributed by atoms with E-state index in [1.54, 1.807) is 12.1 Å². The van der Waals surface area contributed by atoms with E-state index >= 15 is 0 Å². The molecule has 0 spiro atoms. The van der Waals surface area contributed by atoms with Gasteiger partial charge in [0.2, 0.25) is 0 Å². The second-order valence-electron chi connectivity index (χ2n) is 10.8. The van der Waals surface area contributed by atoms with Crippen molar-refractivity contribution in [1.29, 1.82) is 0 Å². The number of carbonyl (C=O) groups is 1. The second kappa shape index (κ2) is 12.6. The minimum Gasteiger partial charge on any atom is -0.489 e. The summed E-state index contributed by atoms with van der Waals surface area (Å²) in [7, 11) is 2.14. The molecule has 3 aromatic carbocycles. The molecule has 2 saturated heterocycles. The molecule has 2 fully saturated rings. The van der Waals surface area contributed by atoms with Crippen LogP contribution in [0.15, 0.2) is 54.6 Å². The van der Waals surface area contributed by atoms with Crippen LogP contribution in [0.2, 0.25) is 5.02 Å². The highest BCUT2D eigenvalue weighted by molar-refractivity contribution is 6.31. The number of likely N-dealkylation sites (N-methyl/N-ethyl adjacent to an activating group) is 1. The lowest BCUT2D eigenvalue weighted by Gasteiger charge is -2.34. The van der Waals surface area contributed by atoms with Gasteiger partial charge in [0.15, 0.2) is 5.82 Å². The first-order chi connectivity index (χ1) is 20.4. The Bertz CT molecular complexity index is 1570. The second-order valence-corrected chi connectivity index (χ2v) is 11.2. The van der Waals surface area contributed by atoms with Crippen LogP contribution in [-0.2, 0) is 11.3 Å². The maximum atomic E-state index is 13.7. The van der Waals surface area contributed by atoms with Gasteiger partial charge in [0.1, 0.15) is 18.2 Å². The zero-order valence-corrected chi connectivity index (χ0v) is 24.2. The van der Waals surface area contributed by atoms with E-state index < -0.39 is 0 Å². The zero-order valence-electron chi connectivity index (χ0n) is 23.5. The van der Waals surface area contributed by atoms with Crippen molar-refractivity contribution in [1.82, 2.24) is 15.1 Å². The molecule has 42 heavy (non-hydrogen) atoms. The normalized spacial score (nSPS) is 16.5. The molecular formula is C31H34ClFN6O3. The average Bonchev–Trinajstić information content (AvgIpc) is 3.40. The number of anilines is 3. The number of aromatic amines is 1. The number of amides is 1. The van der Waals surface area contributed by atoms with Crippen LogP contribution in [-0.4, -0.2) is 73.5 Å². The van der Waals surface area contributed by atoms with E-state index in [4.69, 9.17) is 21.1 Å². The van der Waals surface area contributed by atoms with Crippen molar-refractivity contribution in [3.63, 3.8) is 0 Å². The fourth-order valence-electron chi connectivity index (χ4n) is 5.34. The summed E-state index contributed by atoms with van der Waals surface area (Å²) in [5, 5.41) is 15.1. The zero-order chi connectivity index (χ0) is 29.1. The first kappa shape index (κ1) is 28.3. The van der Waals surface area contributed by atoms with Crippen molar-refractivity contribution < 1.29 is 18.7 Å². The van der Waals surface area contributed by atoms with Gasteiger partial charge in [-0.3, -0.25) is 9.89 Å². The average molecular weight is 593 g/mol. The molecule has 11 heteroatoms. The highest BCUT2D eigenvalue weighted by Gasteiger charge is 2.22. The molecular weight excluding hydrogens is 559 g/mol. The van der Waals surface area contributed by atoms with Crippen LogP contribution in [0.5, 0.6) is 5.75 Å². The molecule has 1 amide bonds. The number of halogens is 2. The lowest BCUT2D eigenvalue weighted by atomic mass is 10.1. The highest BCUT2D eigenvalue weighted by Crippen LogP contribution is 2.30. The number of fused-ring (bicyclic) bond motifs is 1. The van der Waals surface area contributed by atoms with Crippen molar-refractivity contribution in [2.75, 3.05) is 62.0 Å². The molecule has 6 rings (SSSR count). The molecule has 3 heterocycles. The third kappa shape index (κ3) is 6.46. The third-order valence-electron chi connectivity index (χ3n) is 7.87. The molecule has 4 aromatic rings. The van der Waals surface area contributed by atoms with Gasteiger partial charge in [0, 0.05) is 72.8 Å². The summed E-state index contributed by atoms with van der Waals surface area (Å²) >= 11 is 6.19. The summed E-state index contributed by atoms with van der Waals surface area (Å²) in [6.07, 6.45) is 1.76. The molecule has 0 saturated carbocycles. The lowest BCUT2D eigenvalue weighted by Crippen LogP contribution is -2.44. The van der Waals surface area contributed by atoms with Gasteiger partial charge in [-0.2, -0.15) is 5.10 Å². The molecule has 3 N–H and O–H groups in total. The van der Waals surface area contributed by atoms with Crippen LogP contribution in [0, 0.1) is 5.82 Å². The molecule has 2 aliphatic heterocycles. The Morgan fingerprint density at radius 2 is 1.90 bits per heavy atom.